The lowest BCUT2D eigenvalue weighted by atomic mass is 9.87. The van der Waals surface area contributed by atoms with Crippen LogP contribution < -0.4 is 15.6 Å². The van der Waals surface area contributed by atoms with E-state index in [1.54, 1.807) is 0 Å². The molecule has 0 atom stereocenters. The summed E-state index contributed by atoms with van der Waals surface area (Å²) in [6, 6.07) is 8.03. The summed E-state index contributed by atoms with van der Waals surface area (Å²) >= 11 is 0. The average Bonchev–Trinajstić information content (AvgIpc) is 2.48. The summed E-state index contributed by atoms with van der Waals surface area (Å²) in [7, 11) is 0. The Morgan fingerprint density at radius 1 is 1.04 bits per heavy atom. The smallest absolute Gasteiger partial charge is 0.238 e. The maximum atomic E-state index is 11.6. The summed E-state index contributed by atoms with van der Waals surface area (Å²) in [6.07, 6.45) is 1.29. The zero-order valence-electron chi connectivity index (χ0n) is 15.4. The topological polar surface area (TPSA) is 67.4 Å². The Labute approximate surface area is 145 Å². The van der Waals surface area contributed by atoms with Crippen LogP contribution in [-0.2, 0) is 15.0 Å². The largest absolute Gasteiger partial charge is 0.494 e. The van der Waals surface area contributed by atoms with E-state index >= 15 is 0 Å². The summed E-state index contributed by atoms with van der Waals surface area (Å²) in [5, 5.41) is 0. The van der Waals surface area contributed by atoms with E-state index in [0.717, 1.165) is 5.75 Å². The Kier molecular flexibility index (Phi) is 7.75. The van der Waals surface area contributed by atoms with E-state index in [2.05, 4.69) is 43.8 Å². The molecule has 5 nitrogen and oxygen atoms in total. The first-order chi connectivity index (χ1) is 11.2. The number of carbonyl (C=O) groups is 2. The van der Waals surface area contributed by atoms with Gasteiger partial charge in [0.1, 0.15) is 5.75 Å². The minimum absolute atomic E-state index is 0.122. The zero-order chi connectivity index (χ0) is 18.2. The van der Waals surface area contributed by atoms with Crippen LogP contribution in [0, 0.1) is 5.92 Å². The lowest BCUT2D eigenvalue weighted by Gasteiger charge is -2.19. The molecule has 0 radical (unpaired) electrons. The molecule has 0 aliphatic rings. The standard InChI is InChI=1S/C19H30N2O3/c1-14(2)13-18(23)21-20-17(22)7-6-12-24-16-10-8-15(9-11-16)19(3,4)5/h8-11,14H,6-7,12-13H2,1-5H3,(H,20,22)(H,21,23). The summed E-state index contributed by atoms with van der Waals surface area (Å²) in [4.78, 5) is 23.0. The molecule has 134 valence electrons. The second-order valence-electron chi connectivity index (χ2n) is 7.42. The third-order valence-corrected chi connectivity index (χ3v) is 3.47. The molecule has 1 aromatic carbocycles. The third-order valence-electron chi connectivity index (χ3n) is 3.47. The van der Waals surface area contributed by atoms with Gasteiger partial charge >= 0.3 is 0 Å². The molecule has 2 amide bonds. The van der Waals surface area contributed by atoms with Crippen molar-refractivity contribution in [3.63, 3.8) is 0 Å². The molecule has 24 heavy (non-hydrogen) atoms. The first-order valence-electron chi connectivity index (χ1n) is 8.49. The SMILES string of the molecule is CC(C)CC(=O)NNC(=O)CCCOc1ccc(C(C)(C)C)cc1. The van der Waals surface area contributed by atoms with Gasteiger partial charge in [-0.25, -0.2) is 0 Å². The molecule has 1 aromatic rings. The van der Waals surface area contributed by atoms with Crippen molar-refractivity contribution in [2.24, 2.45) is 5.92 Å². The molecule has 0 unspecified atom stereocenters. The number of ether oxygens (including phenoxy) is 1. The van der Waals surface area contributed by atoms with Gasteiger partial charge in [0.15, 0.2) is 0 Å². The number of rotatable bonds is 7. The normalized spacial score (nSPS) is 11.2. The van der Waals surface area contributed by atoms with Crippen molar-refractivity contribution in [2.45, 2.75) is 59.3 Å². The average molecular weight is 334 g/mol. The monoisotopic (exact) mass is 334 g/mol. The van der Waals surface area contributed by atoms with E-state index in [1.807, 2.05) is 26.0 Å². The van der Waals surface area contributed by atoms with Gasteiger partial charge in [-0.3, -0.25) is 20.4 Å². The number of amides is 2. The molecule has 2 N–H and O–H groups in total. The van der Waals surface area contributed by atoms with Crippen molar-refractivity contribution in [3.05, 3.63) is 29.8 Å². The molecule has 0 saturated carbocycles. The molecular weight excluding hydrogens is 304 g/mol. The van der Waals surface area contributed by atoms with Gasteiger partial charge in [-0.15, -0.1) is 0 Å². The van der Waals surface area contributed by atoms with Crippen LogP contribution in [0.2, 0.25) is 0 Å². The first-order valence-corrected chi connectivity index (χ1v) is 8.49. The molecule has 0 heterocycles. The van der Waals surface area contributed by atoms with E-state index in [0.29, 0.717) is 25.9 Å². The van der Waals surface area contributed by atoms with Crippen LogP contribution in [0.5, 0.6) is 5.75 Å². The molecule has 0 saturated heterocycles. The number of hydrogen-bond donors (Lipinski definition) is 2. The fourth-order valence-electron chi connectivity index (χ4n) is 2.10. The van der Waals surface area contributed by atoms with Crippen LogP contribution in [0.1, 0.15) is 59.4 Å². The molecule has 0 spiro atoms. The number of hydrazine groups is 1. The van der Waals surface area contributed by atoms with Crippen molar-refractivity contribution in [1.82, 2.24) is 10.9 Å². The Hall–Kier alpha value is -2.04. The zero-order valence-corrected chi connectivity index (χ0v) is 15.4. The molecule has 1 rings (SSSR count). The van der Waals surface area contributed by atoms with Crippen molar-refractivity contribution in [1.29, 1.82) is 0 Å². The van der Waals surface area contributed by atoms with Gasteiger partial charge in [0.25, 0.3) is 0 Å². The second-order valence-corrected chi connectivity index (χ2v) is 7.42. The van der Waals surface area contributed by atoms with Gasteiger partial charge in [-0.05, 0) is 35.4 Å². The van der Waals surface area contributed by atoms with E-state index in [-0.39, 0.29) is 23.1 Å². The fraction of sp³-hybridized carbons (Fsp3) is 0.579. The molecule has 5 heteroatoms. The summed E-state index contributed by atoms with van der Waals surface area (Å²) < 4.78 is 5.63. The molecule has 0 bridgehead atoms. The van der Waals surface area contributed by atoms with Crippen LogP contribution in [0.3, 0.4) is 0 Å². The number of benzene rings is 1. The van der Waals surface area contributed by atoms with Crippen molar-refractivity contribution < 1.29 is 14.3 Å². The van der Waals surface area contributed by atoms with Gasteiger partial charge in [0, 0.05) is 12.8 Å². The van der Waals surface area contributed by atoms with Crippen LogP contribution in [0.4, 0.5) is 0 Å². The van der Waals surface area contributed by atoms with Crippen LogP contribution in [0.15, 0.2) is 24.3 Å². The minimum Gasteiger partial charge on any atom is -0.494 e. The van der Waals surface area contributed by atoms with Gasteiger partial charge in [0.2, 0.25) is 11.8 Å². The maximum absolute atomic E-state index is 11.6. The van der Waals surface area contributed by atoms with Gasteiger partial charge in [-0.2, -0.15) is 0 Å². The van der Waals surface area contributed by atoms with Crippen molar-refractivity contribution in [2.75, 3.05) is 6.61 Å². The number of nitrogens with one attached hydrogen (secondary N) is 2. The highest BCUT2D eigenvalue weighted by molar-refractivity contribution is 5.81. The van der Waals surface area contributed by atoms with Crippen molar-refractivity contribution >= 4 is 11.8 Å². The highest BCUT2D eigenvalue weighted by atomic mass is 16.5. The molecular formula is C19H30N2O3. The summed E-state index contributed by atoms with van der Waals surface area (Å²) in [5.41, 5.74) is 6.21. The van der Waals surface area contributed by atoms with Gasteiger partial charge in [-0.1, -0.05) is 46.8 Å². The third kappa shape index (κ3) is 7.99. The van der Waals surface area contributed by atoms with Gasteiger partial charge < -0.3 is 4.74 Å². The van der Waals surface area contributed by atoms with E-state index in [9.17, 15) is 9.59 Å². The van der Waals surface area contributed by atoms with E-state index in [1.165, 1.54) is 5.56 Å². The maximum Gasteiger partial charge on any atom is 0.238 e. The van der Waals surface area contributed by atoms with E-state index < -0.39 is 0 Å². The van der Waals surface area contributed by atoms with Gasteiger partial charge in [0.05, 0.1) is 6.61 Å². The second kappa shape index (κ2) is 9.30. The summed E-state index contributed by atoms with van der Waals surface area (Å²) in [5.74, 6) is 0.681. The van der Waals surface area contributed by atoms with Crippen LogP contribution in [0.25, 0.3) is 0 Å². The fourth-order valence-corrected chi connectivity index (χ4v) is 2.10. The molecule has 0 aliphatic carbocycles. The molecule has 0 aromatic heterocycles. The molecule has 0 fully saturated rings. The lowest BCUT2D eigenvalue weighted by Crippen LogP contribution is -2.42. The Morgan fingerprint density at radius 3 is 2.17 bits per heavy atom. The highest BCUT2D eigenvalue weighted by Gasteiger charge is 2.13. The quantitative estimate of drug-likeness (QED) is 0.594. The highest BCUT2D eigenvalue weighted by Crippen LogP contribution is 2.24. The summed E-state index contributed by atoms with van der Waals surface area (Å²) in [6.45, 7) is 10.9. The van der Waals surface area contributed by atoms with E-state index in [4.69, 9.17) is 4.74 Å². The number of hydrogen-bond acceptors (Lipinski definition) is 3. The predicted octanol–water partition coefficient (Wildman–Crippen LogP) is 3.34. The minimum atomic E-state index is -0.209. The van der Waals surface area contributed by atoms with Crippen LogP contribution >= 0.6 is 0 Å². The first kappa shape index (κ1) is 20.0. The predicted molar refractivity (Wildman–Crippen MR) is 95.6 cm³/mol. The Morgan fingerprint density at radius 2 is 1.62 bits per heavy atom. The number of carbonyl (C=O) groups excluding carboxylic acids is 2. The van der Waals surface area contributed by atoms with Crippen molar-refractivity contribution in [3.8, 4) is 5.75 Å². The van der Waals surface area contributed by atoms with Crippen LogP contribution in [-0.4, -0.2) is 18.4 Å². The molecule has 0 aliphatic heterocycles. The Balaban J connectivity index is 2.21. The Bertz CT molecular complexity index is 531. The lowest BCUT2D eigenvalue weighted by molar-refractivity contribution is -0.129.